The first-order chi connectivity index (χ1) is 14.0. The number of hydrogen-bond acceptors (Lipinski definition) is 2. The lowest BCUT2D eigenvalue weighted by molar-refractivity contribution is -0.133. The summed E-state index contributed by atoms with van der Waals surface area (Å²) >= 11 is 12.3. The van der Waals surface area contributed by atoms with E-state index in [0.717, 1.165) is 44.2 Å². The van der Waals surface area contributed by atoms with E-state index in [1.54, 1.807) is 6.07 Å². The summed E-state index contributed by atoms with van der Waals surface area (Å²) in [5, 5.41) is 1.50. The fourth-order valence-corrected chi connectivity index (χ4v) is 5.94. The van der Waals surface area contributed by atoms with Crippen LogP contribution in [0.5, 0.6) is 0 Å². The number of hydrogen-bond donors (Lipinski definition) is 0. The van der Waals surface area contributed by atoms with Crippen LogP contribution in [0.15, 0.2) is 18.2 Å². The van der Waals surface area contributed by atoms with E-state index in [-0.39, 0.29) is 16.6 Å². The van der Waals surface area contributed by atoms with Gasteiger partial charge in [-0.3, -0.25) is 4.79 Å². The Hall–Kier alpha value is -0.553. The molecule has 3 rings (SSSR count). The molecule has 0 aromatic heterocycles. The van der Waals surface area contributed by atoms with Gasteiger partial charge in [0.15, 0.2) is 0 Å². The Morgan fingerprint density at radius 2 is 1.73 bits per heavy atom. The monoisotopic (exact) mass is 467 g/mol. The molecule has 6 heteroatoms. The van der Waals surface area contributed by atoms with Crippen LogP contribution >= 0.6 is 23.2 Å². The molecule has 2 aliphatic rings. The molecule has 1 saturated heterocycles. The molecule has 1 atom stereocenters. The van der Waals surface area contributed by atoms with E-state index >= 15 is 0 Å². The van der Waals surface area contributed by atoms with E-state index in [2.05, 4.69) is 39.5 Å². The second-order valence-electron chi connectivity index (χ2n) is 10.5. The van der Waals surface area contributed by atoms with Gasteiger partial charge in [0.05, 0.1) is 5.60 Å². The minimum Gasteiger partial charge on any atom is -0.412 e. The van der Waals surface area contributed by atoms with Crippen LogP contribution in [0, 0.1) is 11.8 Å². The number of benzene rings is 1. The average molecular weight is 469 g/mol. The highest BCUT2D eigenvalue weighted by Crippen LogP contribution is 2.39. The third-order valence-electron chi connectivity index (χ3n) is 6.57. The largest absolute Gasteiger partial charge is 0.412 e. The fourth-order valence-electron chi connectivity index (χ4n) is 4.72. The molecule has 1 unspecified atom stereocenters. The standard InChI is InChI=1S/C24H35Cl2NO2Si/c1-23(2,3)30-29-24(4,5)18-7-10-20(11-8-18)27-13-12-17(22(27)28)14-16-6-9-19(25)15-21(16)26/h6,9,15,17-18,20H,7-8,10-14H2,1-5H3. The quantitative estimate of drug-likeness (QED) is 0.442. The van der Waals surface area contributed by atoms with Crippen LogP contribution in [0.3, 0.4) is 0 Å². The number of rotatable bonds is 6. The lowest BCUT2D eigenvalue weighted by Crippen LogP contribution is -2.45. The van der Waals surface area contributed by atoms with Gasteiger partial charge >= 0.3 is 0 Å². The molecule has 1 aromatic rings. The zero-order chi connectivity index (χ0) is 22.1. The molecule has 1 aliphatic heterocycles. The van der Waals surface area contributed by atoms with Gasteiger partial charge in [-0.15, -0.1) is 0 Å². The third kappa shape index (κ3) is 6.03. The molecule has 0 N–H and O–H groups in total. The highest BCUT2D eigenvalue weighted by molar-refractivity contribution is 6.35. The number of carbonyl (C=O) groups excluding carboxylic acids is 1. The van der Waals surface area contributed by atoms with Crippen LogP contribution in [0.1, 0.15) is 72.3 Å². The number of halogens is 2. The molecule has 2 radical (unpaired) electrons. The Morgan fingerprint density at radius 3 is 2.33 bits per heavy atom. The summed E-state index contributed by atoms with van der Waals surface area (Å²) < 4.78 is 6.34. The summed E-state index contributed by atoms with van der Waals surface area (Å²) in [4.78, 5) is 15.3. The molecular weight excluding hydrogens is 433 g/mol. The Kier molecular flexibility index (Phi) is 7.65. The molecule has 3 nitrogen and oxygen atoms in total. The Morgan fingerprint density at radius 1 is 1.07 bits per heavy atom. The topological polar surface area (TPSA) is 29.5 Å². The van der Waals surface area contributed by atoms with E-state index in [9.17, 15) is 4.79 Å². The lowest BCUT2D eigenvalue weighted by atomic mass is 9.77. The van der Waals surface area contributed by atoms with E-state index in [4.69, 9.17) is 27.6 Å². The number of amides is 1. The van der Waals surface area contributed by atoms with Crippen molar-refractivity contribution < 1.29 is 9.22 Å². The van der Waals surface area contributed by atoms with Crippen LogP contribution in [-0.4, -0.2) is 38.8 Å². The summed E-state index contributed by atoms with van der Waals surface area (Å²) in [7, 11) is 0.510. The van der Waals surface area contributed by atoms with E-state index < -0.39 is 0 Å². The van der Waals surface area contributed by atoms with E-state index in [1.165, 1.54) is 0 Å². The number of carbonyl (C=O) groups is 1. The SMILES string of the molecule is CC(C)(C)[Si]OC(C)(C)C1CCC(N2CCC(Cc3ccc(Cl)cc3Cl)C2=O)CC1. The highest BCUT2D eigenvalue weighted by Gasteiger charge is 2.40. The van der Waals surface area contributed by atoms with Gasteiger partial charge in [-0.05, 0) is 81.0 Å². The first-order valence-corrected chi connectivity index (χ1v) is 12.8. The maximum absolute atomic E-state index is 13.1. The zero-order valence-corrected chi connectivity index (χ0v) is 21.4. The van der Waals surface area contributed by atoms with Gasteiger partial charge in [0.2, 0.25) is 15.7 Å². The second-order valence-corrected chi connectivity index (χ2v) is 13.3. The minimum atomic E-state index is -0.0976. The second kappa shape index (κ2) is 9.52. The molecule has 2 fully saturated rings. The van der Waals surface area contributed by atoms with Gasteiger partial charge < -0.3 is 9.33 Å². The maximum Gasteiger partial charge on any atom is 0.236 e. The molecule has 1 aromatic carbocycles. The average Bonchev–Trinajstić information content (AvgIpc) is 3.02. The third-order valence-corrected chi connectivity index (χ3v) is 8.40. The molecule has 1 heterocycles. The van der Waals surface area contributed by atoms with Crippen LogP contribution in [0.4, 0.5) is 0 Å². The Balaban J connectivity index is 1.53. The van der Waals surface area contributed by atoms with Crippen molar-refractivity contribution in [3.05, 3.63) is 33.8 Å². The Bertz CT molecular complexity index is 754. The fraction of sp³-hybridized carbons (Fsp3) is 0.708. The predicted octanol–water partition coefficient (Wildman–Crippen LogP) is 6.58. The highest BCUT2D eigenvalue weighted by atomic mass is 35.5. The molecular formula is C24H35Cl2NO2Si. The first-order valence-electron chi connectivity index (χ1n) is 11.2. The molecule has 1 saturated carbocycles. The summed E-state index contributed by atoms with van der Waals surface area (Å²) in [6, 6.07) is 5.94. The summed E-state index contributed by atoms with van der Waals surface area (Å²) in [6.07, 6.45) is 6.04. The van der Waals surface area contributed by atoms with Crippen molar-refractivity contribution in [1.29, 1.82) is 0 Å². The van der Waals surface area contributed by atoms with Crippen molar-refractivity contribution in [2.24, 2.45) is 11.8 Å². The number of nitrogens with zero attached hydrogens (tertiary/aromatic N) is 1. The molecule has 30 heavy (non-hydrogen) atoms. The van der Waals surface area contributed by atoms with E-state index in [1.807, 2.05) is 12.1 Å². The summed E-state index contributed by atoms with van der Waals surface area (Å²) in [5.41, 5.74) is 0.920. The molecule has 1 amide bonds. The van der Waals surface area contributed by atoms with Gasteiger partial charge in [-0.1, -0.05) is 50.0 Å². The van der Waals surface area contributed by atoms with Gasteiger partial charge in [-0.25, -0.2) is 0 Å². The Labute approximate surface area is 194 Å². The zero-order valence-electron chi connectivity index (χ0n) is 18.9. The molecule has 1 aliphatic carbocycles. The van der Waals surface area contributed by atoms with Gasteiger partial charge in [0.25, 0.3) is 0 Å². The predicted molar refractivity (Wildman–Crippen MR) is 126 cm³/mol. The van der Waals surface area contributed by atoms with Gasteiger partial charge in [0, 0.05) is 28.5 Å². The van der Waals surface area contributed by atoms with Crippen LogP contribution in [0.2, 0.25) is 15.1 Å². The lowest BCUT2D eigenvalue weighted by Gasteiger charge is -2.42. The summed E-state index contributed by atoms with van der Waals surface area (Å²) in [6.45, 7) is 12.0. The molecule has 166 valence electrons. The maximum atomic E-state index is 13.1. The van der Waals surface area contributed by atoms with Crippen molar-refractivity contribution >= 4 is 38.9 Å². The normalized spacial score (nSPS) is 25.8. The van der Waals surface area contributed by atoms with Crippen LogP contribution < -0.4 is 0 Å². The van der Waals surface area contributed by atoms with Crippen molar-refractivity contribution in [3.63, 3.8) is 0 Å². The van der Waals surface area contributed by atoms with Crippen molar-refractivity contribution in [3.8, 4) is 0 Å². The van der Waals surface area contributed by atoms with E-state index in [0.29, 0.717) is 44.1 Å². The van der Waals surface area contributed by atoms with Crippen molar-refractivity contribution in [1.82, 2.24) is 4.90 Å². The van der Waals surface area contributed by atoms with Gasteiger partial charge in [0.1, 0.15) is 0 Å². The molecule has 0 spiro atoms. The first kappa shape index (κ1) is 24.1. The van der Waals surface area contributed by atoms with Crippen LogP contribution in [-0.2, 0) is 15.6 Å². The minimum absolute atomic E-state index is 0.0363. The smallest absolute Gasteiger partial charge is 0.236 e. The van der Waals surface area contributed by atoms with Crippen molar-refractivity contribution in [2.45, 2.75) is 89.8 Å². The summed E-state index contributed by atoms with van der Waals surface area (Å²) in [5.74, 6) is 0.897. The van der Waals surface area contributed by atoms with Crippen molar-refractivity contribution in [2.75, 3.05) is 6.54 Å². The van der Waals surface area contributed by atoms with Crippen LogP contribution in [0.25, 0.3) is 0 Å². The molecule has 0 bridgehead atoms. The number of likely N-dealkylation sites (tertiary alicyclic amines) is 1. The van der Waals surface area contributed by atoms with Gasteiger partial charge in [-0.2, -0.15) is 0 Å².